The van der Waals surface area contributed by atoms with Crippen molar-refractivity contribution in [2.24, 2.45) is 11.8 Å². The van der Waals surface area contributed by atoms with Crippen molar-refractivity contribution in [3.8, 4) is 0 Å². The molecule has 0 heterocycles. The van der Waals surface area contributed by atoms with Gasteiger partial charge < -0.3 is 10.4 Å². The Kier molecular flexibility index (Phi) is 3.60. The second-order valence-corrected chi connectivity index (χ2v) is 5.38. The van der Waals surface area contributed by atoms with Crippen molar-refractivity contribution in [3.63, 3.8) is 0 Å². The number of rotatable bonds is 4. The summed E-state index contributed by atoms with van der Waals surface area (Å²) in [6.07, 6.45) is 0.459. The summed E-state index contributed by atoms with van der Waals surface area (Å²) in [7, 11) is 0. The minimum absolute atomic E-state index is 0.0943. The highest BCUT2D eigenvalue weighted by molar-refractivity contribution is 5.89. The van der Waals surface area contributed by atoms with E-state index in [1.165, 1.54) is 5.56 Å². The third kappa shape index (κ3) is 2.95. The van der Waals surface area contributed by atoms with Crippen molar-refractivity contribution < 1.29 is 14.7 Å². The molecule has 0 saturated heterocycles. The number of hydrogen-bond acceptors (Lipinski definition) is 2. The highest BCUT2D eigenvalue weighted by Crippen LogP contribution is 2.39. The maximum Gasteiger partial charge on any atom is 0.307 e. The summed E-state index contributed by atoms with van der Waals surface area (Å²) < 4.78 is 0. The van der Waals surface area contributed by atoms with Crippen molar-refractivity contribution in [1.29, 1.82) is 0 Å². The van der Waals surface area contributed by atoms with Gasteiger partial charge in [-0.05, 0) is 38.3 Å². The van der Waals surface area contributed by atoms with Crippen molar-refractivity contribution in [1.82, 2.24) is 5.32 Å². The Morgan fingerprint density at radius 2 is 2.00 bits per heavy atom. The fraction of sp³-hybridized carbons (Fsp3) is 0.467. The molecule has 1 fully saturated rings. The monoisotopic (exact) mass is 261 g/mol. The van der Waals surface area contributed by atoms with E-state index in [1.807, 2.05) is 32.9 Å². The molecule has 3 unspecified atom stereocenters. The largest absolute Gasteiger partial charge is 0.481 e. The molecular weight excluding hydrogens is 242 g/mol. The van der Waals surface area contributed by atoms with Crippen LogP contribution in [0, 0.1) is 25.7 Å². The van der Waals surface area contributed by atoms with Gasteiger partial charge in [0.05, 0.1) is 17.9 Å². The Balaban J connectivity index is 2.00. The Morgan fingerprint density at radius 1 is 1.32 bits per heavy atom. The van der Waals surface area contributed by atoms with Gasteiger partial charge in [0.1, 0.15) is 0 Å². The van der Waals surface area contributed by atoms with E-state index in [2.05, 4.69) is 11.4 Å². The molecular formula is C15H19NO3. The van der Waals surface area contributed by atoms with E-state index in [0.717, 1.165) is 11.1 Å². The van der Waals surface area contributed by atoms with Crippen LogP contribution in [0.2, 0.25) is 0 Å². The minimum atomic E-state index is -0.876. The standard InChI is InChI=1S/C15H19NO3/c1-8-4-5-11(9(2)6-8)10(3)16-14(17)12-7-13(12)15(18)19/h4-6,10,12-13H,7H2,1-3H3,(H,16,17)(H,18,19). The number of carboxylic acids is 1. The van der Waals surface area contributed by atoms with Gasteiger partial charge in [-0.2, -0.15) is 0 Å². The minimum Gasteiger partial charge on any atom is -0.481 e. The van der Waals surface area contributed by atoms with Gasteiger partial charge in [-0.15, -0.1) is 0 Å². The molecule has 1 aromatic carbocycles. The first-order valence-electron chi connectivity index (χ1n) is 6.50. The molecule has 2 rings (SSSR count). The number of amides is 1. The zero-order chi connectivity index (χ0) is 14.2. The average molecular weight is 261 g/mol. The summed E-state index contributed by atoms with van der Waals surface area (Å²) in [5, 5.41) is 11.7. The van der Waals surface area contributed by atoms with Crippen LogP contribution in [0.3, 0.4) is 0 Å². The van der Waals surface area contributed by atoms with Gasteiger partial charge in [-0.1, -0.05) is 23.8 Å². The molecule has 0 aliphatic heterocycles. The van der Waals surface area contributed by atoms with E-state index in [9.17, 15) is 9.59 Å². The van der Waals surface area contributed by atoms with Crippen molar-refractivity contribution in [2.45, 2.75) is 33.2 Å². The van der Waals surface area contributed by atoms with Crippen LogP contribution >= 0.6 is 0 Å². The second kappa shape index (κ2) is 5.03. The summed E-state index contributed by atoms with van der Waals surface area (Å²) in [4.78, 5) is 22.7. The first-order valence-corrected chi connectivity index (χ1v) is 6.50. The molecule has 19 heavy (non-hydrogen) atoms. The topological polar surface area (TPSA) is 66.4 Å². The Morgan fingerprint density at radius 3 is 2.53 bits per heavy atom. The fourth-order valence-electron chi connectivity index (χ4n) is 2.47. The zero-order valence-electron chi connectivity index (χ0n) is 11.4. The van der Waals surface area contributed by atoms with Crippen LogP contribution in [0.4, 0.5) is 0 Å². The van der Waals surface area contributed by atoms with Gasteiger partial charge >= 0.3 is 5.97 Å². The van der Waals surface area contributed by atoms with Crippen molar-refractivity contribution in [2.75, 3.05) is 0 Å². The number of hydrogen-bond donors (Lipinski definition) is 2. The molecule has 2 N–H and O–H groups in total. The Bertz CT molecular complexity index is 524. The third-order valence-corrected chi connectivity index (χ3v) is 3.69. The lowest BCUT2D eigenvalue weighted by atomic mass is 10.00. The van der Waals surface area contributed by atoms with Crippen LogP contribution < -0.4 is 5.32 Å². The van der Waals surface area contributed by atoms with Crippen LogP contribution in [-0.2, 0) is 9.59 Å². The lowest BCUT2D eigenvalue weighted by molar-refractivity contribution is -0.140. The molecule has 0 aromatic heterocycles. The summed E-state index contributed by atoms with van der Waals surface area (Å²) in [6, 6.07) is 6.01. The average Bonchev–Trinajstić information content (AvgIpc) is 3.08. The van der Waals surface area contributed by atoms with Crippen molar-refractivity contribution in [3.05, 3.63) is 34.9 Å². The molecule has 1 aliphatic rings. The molecule has 0 spiro atoms. The maximum absolute atomic E-state index is 11.9. The van der Waals surface area contributed by atoms with Crippen LogP contribution in [0.15, 0.2) is 18.2 Å². The summed E-state index contributed by atoms with van der Waals surface area (Å²) in [5.74, 6) is -1.88. The lowest BCUT2D eigenvalue weighted by Crippen LogP contribution is -2.29. The van der Waals surface area contributed by atoms with E-state index >= 15 is 0 Å². The Labute approximate surface area is 112 Å². The Hall–Kier alpha value is -1.84. The highest BCUT2D eigenvalue weighted by Gasteiger charge is 2.48. The first-order chi connectivity index (χ1) is 8.90. The van der Waals surface area contributed by atoms with Gasteiger partial charge in [0.2, 0.25) is 5.91 Å². The maximum atomic E-state index is 11.9. The number of benzene rings is 1. The number of nitrogens with one attached hydrogen (secondary N) is 1. The molecule has 4 nitrogen and oxygen atoms in total. The van der Waals surface area contributed by atoms with E-state index in [-0.39, 0.29) is 17.9 Å². The number of aryl methyl sites for hydroxylation is 2. The summed E-state index contributed by atoms with van der Waals surface area (Å²) in [6.45, 7) is 5.97. The van der Waals surface area contributed by atoms with Crippen LogP contribution in [0.5, 0.6) is 0 Å². The van der Waals surface area contributed by atoms with Crippen LogP contribution in [0.25, 0.3) is 0 Å². The van der Waals surface area contributed by atoms with Gasteiger partial charge in [0, 0.05) is 0 Å². The van der Waals surface area contributed by atoms with Crippen LogP contribution in [-0.4, -0.2) is 17.0 Å². The predicted molar refractivity (Wildman–Crippen MR) is 71.7 cm³/mol. The smallest absolute Gasteiger partial charge is 0.307 e. The molecule has 3 atom stereocenters. The molecule has 1 amide bonds. The van der Waals surface area contributed by atoms with Gasteiger partial charge in [0.15, 0.2) is 0 Å². The number of carboxylic acid groups (broad SMARTS) is 1. The molecule has 0 radical (unpaired) electrons. The summed E-state index contributed by atoms with van der Waals surface area (Å²) >= 11 is 0. The van der Waals surface area contributed by atoms with Gasteiger partial charge in [-0.25, -0.2) is 0 Å². The van der Waals surface area contributed by atoms with E-state index in [0.29, 0.717) is 6.42 Å². The highest BCUT2D eigenvalue weighted by atomic mass is 16.4. The normalized spacial score (nSPS) is 22.7. The first kappa shape index (κ1) is 13.6. The van der Waals surface area contributed by atoms with E-state index < -0.39 is 11.9 Å². The number of carbonyl (C=O) groups excluding carboxylic acids is 1. The molecule has 1 saturated carbocycles. The SMILES string of the molecule is Cc1ccc(C(C)NC(=O)C2CC2C(=O)O)c(C)c1. The fourth-order valence-corrected chi connectivity index (χ4v) is 2.47. The third-order valence-electron chi connectivity index (χ3n) is 3.69. The second-order valence-electron chi connectivity index (χ2n) is 5.38. The molecule has 1 aromatic rings. The predicted octanol–water partition coefficient (Wildman–Crippen LogP) is 2.20. The van der Waals surface area contributed by atoms with E-state index in [1.54, 1.807) is 0 Å². The van der Waals surface area contributed by atoms with Crippen LogP contribution in [0.1, 0.15) is 36.1 Å². The number of aliphatic carboxylic acids is 1. The molecule has 4 heteroatoms. The quantitative estimate of drug-likeness (QED) is 0.873. The van der Waals surface area contributed by atoms with Crippen molar-refractivity contribution >= 4 is 11.9 Å². The van der Waals surface area contributed by atoms with E-state index in [4.69, 9.17) is 5.11 Å². The number of carbonyl (C=O) groups is 2. The lowest BCUT2D eigenvalue weighted by Gasteiger charge is -2.17. The molecule has 102 valence electrons. The zero-order valence-corrected chi connectivity index (χ0v) is 11.4. The summed E-state index contributed by atoms with van der Waals surface area (Å²) in [5.41, 5.74) is 3.40. The van der Waals surface area contributed by atoms with Gasteiger partial charge in [0.25, 0.3) is 0 Å². The molecule has 1 aliphatic carbocycles. The molecule has 0 bridgehead atoms. The van der Waals surface area contributed by atoms with Gasteiger partial charge in [-0.3, -0.25) is 9.59 Å².